The maximum Gasteiger partial charge on any atom is 0.222 e. The number of nitrogen functional groups attached to an aromatic ring is 1. The van der Waals surface area contributed by atoms with Gasteiger partial charge in [0.2, 0.25) is 5.91 Å². The van der Waals surface area contributed by atoms with Crippen molar-refractivity contribution in [2.45, 2.75) is 12.8 Å². The van der Waals surface area contributed by atoms with Crippen LogP contribution in [0.15, 0.2) is 18.5 Å². The number of hydrogen-bond donors (Lipinski definition) is 2. The molecule has 1 aromatic rings. The lowest BCUT2D eigenvalue weighted by Gasteiger charge is -2.33. The Labute approximate surface area is 94.4 Å². The lowest BCUT2D eigenvalue weighted by molar-refractivity contribution is -0.122. The van der Waals surface area contributed by atoms with Crippen LogP contribution in [0.25, 0.3) is 0 Å². The highest BCUT2D eigenvalue weighted by molar-refractivity contribution is 5.78. The van der Waals surface area contributed by atoms with Crippen LogP contribution < -0.4 is 16.4 Å². The minimum Gasteiger partial charge on any atom is -0.396 e. The van der Waals surface area contributed by atoms with Crippen molar-refractivity contribution in [3.8, 4) is 0 Å². The van der Waals surface area contributed by atoms with Gasteiger partial charge in [-0.2, -0.15) is 0 Å². The SMILES string of the molecule is NC(=O)C1CCCN(c2ccncc2N)C1. The number of nitrogens with zero attached hydrogens (tertiary/aromatic N) is 2. The molecular weight excluding hydrogens is 204 g/mol. The van der Waals surface area contributed by atoms with Crippen molar-refractivity contribution in [2.24, 2.45) is 11.7 Å². The highest BCUT2D eigenvalue weighted by atomic mass is 16.1. The molecule has 0 radical (unpaired) electrons. The number of piperidine rings is 1. The number of aromatic nitrogens is 1. The quantitative estimate of drug-likeness (QED) is 0.753. The van der Waals surface area contributed by atoms with E-state index in [1.165, 1.54) is 0 Å². The van der Waals surface area contributed by atoms with Crippen LogP contribution in [-0.4, -0.2) is 24.0 Å². The smallest absolute Gasteiger partial charge is 0.222 e. The van der Waals surface area contributed by atoms with Crippen molar-refractivity contribution in [2.75, 3.05) is 23.7 Å². The third-order valence-electron chi connectivity index (χ3n) is 2.99. The molecule has 1 unspecified atom stereocenters. The molecule has 2 heterocycles. The van der Waals surface area contributed by atoms with E-state index in [-0.39, 0.29) is 11.8 Å². The molecule has 0 spiro atoms. The number of amides is 1. The average molecular weight is 220 g/mol. The minimum absolute atomic E-state index is 0.0682. The summed E-state index contributed by atoms with van der Waals surface area (Å²) in [6.07, 6.45) is 5.18. The first-order valence-corrected chi connectivity index (χ1v) is 5.42. The van der Waals surface area contributed by atoms with Gasteiger partial charge in [0.1, 0.15) is 0 Å². The maximum absolute atomic E-state index is 11.2. The number of hydrogen-bond acceptors (Lipinski definition) is 4. The van der Waals surface area contributed by atoms with E-state index in [0.29, 0.717) is 12.2 Å². The van der Waals surface area contributed by atoms with Crippen LogP contribution >= 0.6 is 0 Å². The van der Waals surface area contributed by atoms with Gasteiger partial charge in [0.05, 0.1) is 23.5 Å². The molecule has 5 heteroatoms. The zero-order valence-electron chi connectivity index (χ0n) is 9.10. The summed E-state index contributed by atoms with van der Waals surface area (Å²) >= 11 is 0. The monoisotopic (exact) mass is 220 g/mol. The standard InChI is InChI=1S/C11H16N4O/c12-9-6-14-4-3-10(9)15-5-1-2-8(7-15)11(13)16/h3-4,6,8H,1-2,5,7,12H2,(H2,13,16). The Balaban J connectivity index is 2.16. The largest absolute Gasteiger partial charge is 0.396 e. The molecule has 86 valence electrons. The van der Waals surface area contributed by atoms with Crippen LogP contribution in [0.2, 0.25) is 0 Å². The molecule has 0 bridgehead atoms. The minimum atomic E-state index is -0.225. The van der Waals surface area contributed by atoms with Gasteiger partial charge in [-0.15, -0.1) is 0 Å². The van der Waals surface area contributed by atoms with Crippen molar-refractivity contribution < 1.29 is 4.79 Å². The van der Waals surface area contributed by atoms with E-state index in [1.807, 2.05) is 6.07 Å². The number of primary amides is 1. The van der Waals surface area contributed by atoms with E-state index >= 15 is 0 Å². The molecule has 1 saturated heterocycles. The third kappa shape index (κ3) is 2.08. The predicted molar refractivity (Wildman–Crippen MR) is 62.8 cm³/mol. The molecular formula is C11H16N4O. The molecule has 0 saturated carbocycles. The summed E-state index contributed by atoms with van der Waals surface area (Å²) in [4.78, 5) is 17.2. The highest BCUT2D eigenvalue weighted by Gasteiger charge is 2.24. The fourth-order valence-electron chi connectivity index (χ4n) is 2.12. The molecule has 16 heavy (non-hydrogen) atoms. The second-order valence-corrected chi connectivity index (χ2v) is 4.12. The average Bonchev–Trinajstić information content (AvgIpc) is 2.30. The summed E-state index contributed by atoms with van der Waals surface area (Å²) < 4.78 is 0. The lowest BCUT2D eigenvalue weighted by atomic mass is 9.97. The summed E-state index contributed by atoms with van der Waals surface area (Å²) in [5.41, 5.74) is 12.8. The molecule has 0 aliphatic carbocycles. The van der Waals surface area contributed by atoms with Crippen LogP contribution in [0.4, 0.5) is 11.4 Å². The molecule has 1 aromatic heterocycles. The van der Waals surface area contributed by atoms with E-state index in [1.54, 1.807) is 12.4 Å². The number of nitrogens with two attached hydrogens (primary N) is 2. The van der Waals surface area contributed by atoms with Crippen LogP contribution in [-0.2, 0) is 4.79 Å². The molecule has 1 amide bonds. The summed E-state index contributed by atoms with van der Waals surface area (Å²) in [5.74, 6) is -0.293. The van der Waals surface area contributed by atoms with Gasteiger partial charge in [-0.1, -0.05) is 0 Å². The van der Waals surface area contributed by atoms with E-state index in [4.69, 9.17) is 11.5 Å². The molecule has 2 rings (SSSR count). The maximum atomic E-state index is 11.2. The highest BCUT2D eigenvalue weighted by Crippen LogP contribution is 2.26. The van der Waals surface area contributed by atoms with Crippen molar-refractivity contribution in [3.63, 3.8) is 0 Å². The van der Waals surface area contributed by atoms with Gasteiger partial charge in [0.25, 0.3) is 0 Å². The van der Waals surface area contributed by atoms with E-state index in [2.05, 4.69) is 9.88 Å². The van der Waals surface area contributed by atoms with Crippen molar-refractivity contribution in [1.82, 2.24) is 4.98 Å². The summed E-state index contributed by atoms with van der Waals surface area (Å²) in [6.45, 7) is 1.57. The Bertz CT molecular complexity index is 393. The molecule has 1 fully saturated rings. The number of carbonyl (C=O) groups excluding carboxylic acids is 1. The zero-order chi connectivity index (χ0) is 11.5. The van der Waals surface area contributed by atoms with Gasteiger partial charge in [-0.3, -0.25) is 9.78 Å². The third-order valence-corrected chi connectivity index (χ3v) is 2.99. The van der Waals surface area contributed by atoms with Gasteiger partial charge in [-0.25, -0.2) is 0 Å². The molecule has 1 aliphatic heterocycles. The van der Waals surface area contributed by atoms with Gasteiger partial charge >= 0.3 is 0 Å². The Hall–Kier alpha value is -1.78. The van der Waals surface area contributed by atoms with Crippen molar-refractivity contribution >= 4 is 17.3 Å². The lowest BCUT2D eigenvalue weighted by Crippen LogP contribution is -2.41. The van der Waals surface area contributed by atoms with Gasteiger partial charge in [0.15, 0.2) is 0 Å². The number of rotatable bonds is 2. The van der Waals surface area contributed by atoms with Gasteiger partial charge < -0.3 is 16.4 Å². The van der Waals surface area contributed by atoms with Gasteiger partial charge in [0, 0.05) is 19.3 Å². The molecule has 1 aliphatic rings. The topological polar surface area (TPSA) is 85.2 Å². The normalized spacial score (nSPS) is 20.8. The van der Waals surface area contributed by atoms with E-state index in [0.717, 1.165) is 25.1 Å². The van der Waals surface area contributed by atoms with E-state index < -0.39 is 0 Å². The van der Waals surface area contributed by atoms with Crippen LogP contribution in [0.5, 0.6) is 0 Å². The first-order valence-electron chi connectivity index (χ1n) is 5.42. The first-order chi connectivity index (χ1) is 7.68. The Morgan fingerprint density at radius 1 is 1.56 bits per heavy atom. The fraction of sp³-hybridized carbons (Fsp3) is 0.455. The van der Waals surface area contributed by atoms with Crippen LogP contribution in [0.3, 0.4) is 0 Å². The van der Waals surface area contributed by atoms with Crippen LogP contribution in [0.1, 0.15) is 12.8 Å². The predicted octanol–water partition coefficient (Wildman–Crippen LogP) is 0.365. The summed E-state index contributed by atoms with van der Waals surface area (Å²) in [6, 6.07) is 1.87. The number of pyridine rings is 1. The second kappa shape index (κ2) is 4.38. The molecule has 0 aromatic carbocycles. The Morgan fingerprint density at radius 2 is 2.38 bits per heavy atom. The van der Waals surface area contributed by atoms with E-state index in [9.17, 15) is 4.79 Å². The van der Waals surface area contributed by atoms with Gasteiger partial charge in [-0.05, 0) is 18.9 Å². The number of carbonyl (C=O) groups is 1. The number of anilines is 2. The van der Waals surface area contributed by atoms with Crippen molar-refractivity contribution in [1.29, 1.82) is 0 Å². The first kappa shape index (κ1) is 10.7. The Kier molecular flexibility index (Phi) is 2.94. The fourth-order valence-corrected chi connectivity index (χ4v) is 2.12. The van der Waals surface area contributed by atoms with Crippen LogP contribution in [0, 0.1) is 5.92 Å². The zero-order valence-corrected chi connectivity index (χ0v) is 9.10. The molecule has 4 N–H and O–H groups in total. The molecule has 1 atom stereocenters. The summed E-state index contributed by atoms with van der Waals surface area (Å²) in [7, 11) is 0. The summed E-state index contributed by atoms with van der Waals surface area (Å²) in [5, 5.41) is 0. The molecule has 5 nitrogen and oxygen atoms in total. The van der Waals surface area contributed by atoms with Crippen molar-refractivity contribution in [3.05, 3.63) is 18.5 Å². The Morgan fingerprint density at radius 3 is 3.06 bits per heavy atom. The second-order valence-electron chi connectivity index (χ2n) is 4.12.